The van der Waals surface area contributed by atoms with Gasteiger partial charge in [-0.1, -0.05) is 0 Å². The Bertz CT molecular complexity index is 597. The molecule has 1 saturated carbocycles. The molecule has 0 radical (unpaired) electrons. The molecule has 1 atom stereocenters. The van der Waals surface area contributed by atoms with Gasteiger partial charge in [0.25, 0.3) is 5.91 Å². The molecule has 0 aromatic carbocycles. The third-order valence-electron chi connectivity index (χ3n) is 3.46. The first kappa shape index (κ1) is 12.4. The SMILES string of the molecule is Cc1csc([C@@H](NC(=O)c2cccn2C)C2CC2)n1. The lowest BCUT2D eigenvalue weighted by Gasteiger charge is -2.16. The van der Waals surface area contributed by atoms with Crippen molar-refractivity contribution >= 4 is 17.2 Å². The number of carbonyl (C=O) groups excluding carboxylic acids is 1. The van der Waals surface area contributed by atoms with Gasteiger partial charge < -0.3 is 9.88 Å². The summed E-state index contributed by atoms with van der Waals surface area (Å²) in [6, 6.07) is 3.79. The number of amides is 1. The van der Waals surface area contributed by atoms with Gasteiger partial charge in [0.1, 0.15) is 10.7 Å². The van der Waals surface area contributed by atoms with E-state index in [1.54, 1.807) is 11.3 Å². The summed E-state index contributed by atoms with van der Waals surface area (Å²) in [5, 5.41) is 6.21. The van der Waals surface area contributed by atoms with Crippen LogP contribution in [0.15, 0.2) is 23.7 Å². The normalized spacial score (nSPS) is 16.3. The quantitative estimate of drug-likeness (QED) is 0.932. The molecule has 0 spiro atoms. The Kier molecular flexibility index (Phi) is 3.14. The van der Waals surface area contributed by atoms with Gasteiger partial charge in [-0.05, 0) is 37.8 Å². The van der Waals surface area contributed by atoms with E-state index in [1.807, 2.05) is 42.2 Å². The van der Waals surface area contributed by atoms with Crippen LogP contribution in [0.1, 0.15) is 40.1 Å². The van der Waals surface area contributed by atoms with Gasteiger partial charge in [0.05, 0.1) is 6.04 Å². The second-order valence-corrected chi connectivity index (χ2v) is 6.01. The largest absolute Gasteiger partial charge is 0.347 e. The van der Waals surface area contributed by atoms with Crippen molar-refractivity contribution in [2.75, 3.05) is 0 Å². The Morgan fingerprint density at radius 2 is 2.37 bits per heavy atom. The summed E-state index contributed by atoms with van der Waals surface area (Å²) >= 11 is 1.64. The van der Waals surface area contributed by atoms with Gasteiger partial charge in [-0.25, -0.2) is 4.98 Å². The van der Waals surface area contributed by atoms with Crippen LogP contribution < -0.4 is 5.32 Å². The number of rotatable bonds is 4. The Labute approximate surface area is 116 Å². The van der Waals surface area contributed by atoms with Crippen molar-refractivity contribution < 1.29 is 4.79 Å². The number of thiazole rings is 1. The van der Waals surface area contributed by atoms with Crippen molar-refractivity contribution in [1.29, 1.82) is 0 Å². The molecule has 1 aliphatic carbocycles. The van der Waals surface area contributed by atoms with Crippen LogP contribution in [0, 0.1) is 12.8 Å². The average Bonchev–Trinajstić information content (AvgIpc) is 2.99. The zero-order chi connectivity index (χ0) is 13.4. The number of nitrogens with zero attached hydrogens (tertiary/aromatic N) is 2. The number of carbonyl (C=O) groups is 1. The molecular weight excluding hydrogens is 258 g/mol. The van der Waals surface area contributed by atoms with E-state index in [4.69, 9.17) is 0 Å². The maximum atomic E-state index is 12.3. The van der Waals surface area contributed by atoms with E-state index >= 15 is 0 Å². The fourth-order valence-electron chi connectivity index (χ4n) is 2.24. The number of hydrogen-bond acceptors (Lipinski definition) is 3. The van der Waals surface area contributed by atoms with Gasteiger partial charge >= 0.3 is 0 Å². The van der Waals surface area contributed by atoms with E-state index < -0.39 is 0 Å². The average molecular weight is 275 g/mol. The highest BCUT2D eigenvalue weighted by Crippen LogP contribution is 2.41. The molecule has 5 heteroatoms. The number of aryl methyl sites for hydroxylation is 2. The standard InChI is InChI=1S/C14H17N3OS/c1-9-8-19-14(15-9)12(10-5-6-10)16-13(18)11-4-3-7-17(11)2/h3-4,7-8,10,12H,5-6H2,1-2H3,(H,16,18)/t12-/m0/s1. The highest BCUT2D eigenvalue weighted by atomic mass is 32.1. The maximum Gasteiger partial charge on any atom is 0.268 e. The summed E-state index contributed by atoms with van der Waals surface area (Å²) in [5.41, 5.74) is 1.72. The molecule has 0 bridgehead atoms. The van der Waals surface area contributed by atoms with Gasteiger partial charge in [0, 0.05) is 24.3 Å². The third-order valence-corrected chi connectivity index (χ3v) is 4.50. The molecule has 3 rings (SSSR count). The van der Waals surface area contributed by atoms with Crippen molar-refractivity contribution in [3.8, 4) is 0 Å². The molecule has 0 saturated heterocycles. The predicted molar refractivity (Wildman–Crippen MR) is 75.2 cm³/mol. The van der Waals surface area contributed by atoms with Crippen LogP contribution in [0.25, 0.3) is 0 Å². The summed E-state index contributed by atoms with van der Waals surface area (Å²) in [6.07, 6.45) is 4.24. The fraction of sp³-hybridized carbons (Fsp3) is 0.429. The van der Waals surface area contributed by atoms with E-state index in [9.17, 15) is 4.79 Å². The summed E-state index contributed by atoms with van der Waals surface area (Å²) in [7, 11) is 1.88. The Morgan fingerprint density at radius 1 is 1.58 bits per heavy atom. The molecule has 100 valence electrons. The molecule has 1 aliphatic rings. The third kappa shape index (κ3) is 2.56. The number of nitrogens with one attached hydrogen (secondary N) is 1. The number of aromatic nitrogens is 2. The summed E-state index contributed by atoms with van der Waals surface area (Å²) < 4.78 is 1.84. The first-order chi connectivity index (χ1) is 9.15. The van der Waals surface area contributed by atoms with E-state index in [1.165, 1.54) is 12.8 Å². The summed E-state index contributed by atoms with van der Waals surface area (Å²) in [4.78, 5) is 16.8. The minimum atomic E-state index is -0.0164. The molecule has 19 heavy (non-hydrogen) atoms. The van der Waals surface area contributed by atoms with E-state index in [2.05, 4.69) is 10.3 Å². The number of hydrogen-bond donors (Lipinski definition) is 1. The topological polar surface area (TPSA) is 46.9 Å². The Morgan fingerprint density at radius 3 is 2.89 bits per heavy atom. The van der Waals surface area contributed by atoms with Crippen LogP contribution in [-0.4, -0.2) is 15.5 Å². The van der Waals surface area contributed by atoms with Crippen molar-refractivity contribution in [2.45, 2.75) is 25.8 Å². The fourth-order valence-corrected chi connectivity index (χ4v) is 3.18. The molecule has 0 aliphatic heterocycles. The van der Waals surface area contributed by atoms with Crippen LogP contribution in [0.4, 0.5) is 0 Å². The molecular formula is C14H17N3OS. The molecule has 2 aromatic heterocycles. The van der Waals surface area contributed by atoms with Gasteiger partial charge in [0.2, 0.25) is 0 Å². The van der Waals surface area contributed by atoms with E-state index in [0.717, 1.165) is 10.7 Å². The van der Waals surface area contributed by atoms with E-state index in [-0.39, 0.29) is 11.9 Å². The summed E-state index contributed by atoms with van der Waals surface area (Å²) in [6.45, 7) is 1.99. The molecule has 2 heterocycles. The lowest BCUT2D eigenvalue weighted by atomic mass is 10.2. The highest BCUT2D eigenvalue weighted by Gasteiger charge is 2.35. The van der Waals surface area contributed by atoms with Gasteiger partial charge in [-0.3, -0.25) is 4.79 Å². The van der Waals surface area contributed by atoms with Crippen LogP contribution >= 0.6 is 11.3 Å². The zero-order valence-electron chi connectivity index (χ0n) is 11.1. The van der Waals surface area contributed by atoms with Crippen LogP contribution in [0.2, 0.25) is 0 Å². The lowest BCUT2D eigenvalue weighted by Crippen LogP contribution is -2.31. The van der Waals surface area contributed by atoms with Crippen LogP contribution in [0.5, 0.6) is 0 Å². The second kappa shape index (κ2) is 4.81. The Balaban J connectivity index is 1.79. The van der Waals surface area contributed by atoms with Gasteiger partial charge in [0.15, 0.2) is 0 Å². The van der Waals surface area contributed by atoms with Crippen molar-refractivity contribution in [2.24, 2.45) is 13.0 Å². The highest BCUT2D eigenvalue weighted by molar-refractivity contribution is 7.09. The molecule has 2 aromatic rings. The molecule has 1 N–H and O–H groups in total. The van der Waals surface area contributed by atoms with Crippen LogP contribution in [-0.2, 0) is 7.05 Å². The van der Waals surface area contributed by atoms with Crippen molar-refractivity contribution in [3.05, 3.63) is 40.1 Å². The zero-order valence-corrected chi connectivity index (χ0v) is 11.9. The lowest BCUT2D eigenvalue weighted by molar-refractivity contribution is 0.0923. The summed E-state index contributed by atoms with van der Waals surface area (Å²) in [5.74, 6) is 0.534. The minimum Gasteiger partial charge on any atom is -0.347 e. The van der Waals surface area contributed by atoms with Crippen molar-refractivity contribution in [3.63, 3.8) is 0 Å². The maximum absolute atomic E-state index is 12.3. The van der Waals surface area contributed by atoms with E-state index in [0.29, 0.717) is 11.6 Å². The first-order valence-corrected chi connectivity index (χ1v) is 7.37. The molecule has 1 amide bonds. The molecule has 0 unspecified atom stereocenters. The minimum absolute atomic E-state index is 0.0164. The van der Waals surface area contributed by atoms with Crippen molar-refractivity contribution in [1.82, 2.24) is 14.9 Å². The van der Waals surface area contributed by atoms with Gasteiger partial charge in [-0.2, -0.15) is 0 Å². The van der Waals surface area contributed by atoms with Gasteiger partial charge in [-0.15, -0.1) is 11.3 Å². The second-order valence-electron chi connectivity index (χ2n) is 5.12. The Hall–Kier alpha value is -1.62. The monoisotopic (exact) mass is 275 g/mol. The molecule has 4 nitrogen and oxygen atoms in total. The predicted octanol–water partition coefficient (Wildman–Crippen LogP) is 2.67. The smallest absolute Gasteiger partial charge is 0.268 e. The first-order valence-electron chi connectivity index (χ1n) is 6.49. The molecule has 1 fully saturated rings. The van der Waals surface area contributed by atoms with Crippen LogP contribution in [0.3, 0.4) is 0 Å².